The monoisotopic (exact) mass is 268 g/mol. The molecular weight excluding hydrogens is 252 g/mol. The molecule has 0 spiro atoms. The number of carbonyl (C=O) groups excluding carboxylic acids is 2. The molecule has 0 aromatic carbocycles. The van der Waals surface area contributed by atoms with E-state index >= 15 is 0 Å². The van der Waals surface area contributed by atoms with Crippen molar-refractivity contribution < 1.29 is 24.2 Å². The van der Waals surface area contributed by atoms with E-state index in [1.807, 2.05) is 6.08 Å². The highest BCUT2D eigenvalue weighted by Gasteiger charge is 2.17. The lowest BCUT2D eigenvalue weighted by Gasteiger charge is -2.13. The lowest BCUT2D eigenvalue weighted by molar-refractivity contribution is -0.142. The quantitative estimate of drug-likeness (QED) is 0.389. The summed E-state index contributed by atoms with van der Waals surface area (Å²) in [4.78, 5) is 22.3. The molecule has 0 aliphatic heterocycles. The van der Waals surface area contributed by atoms with Gasteiger partial charge in [-0.05, 0) is 23.6 Å². The minimum Gasteiger partial charge on any atom is -0.515 e. The third-order valence-electron chi connectivity index (χ3n) is 2.32. The Hall–Kier alpha value is -2.28. The number of hydrogen-bond donors (Lipinski definition) is 3. The highest BCUT2D eigenvalue weighted by Crippen LogP contribution is 2.15. The third-order valence-corrected chi connectivity index (χ3v) is 2.32. The Bertz CT molecular complexity index is 439. The third kappa shape index (κ3) is 4.84. The maximum absolute atomic E-state index is 11.3. The number of aliphatic hydroxyl groups excluding tert-OH is 1. The normalized spacial score (nSPS) is 17.6. The molecule has 0 radical (unpaired) electrons. The van der Waals surface area contributed by atoms with Gasteiger partial charge in [-0.2, -0.15) is 0 Å². The molecule has 4 N–H and O–H groups in total. The van der Waals surface area contributed by atoms with Gasteiger partial charge in [0, 0.05) is 0 Å². The van der Waals surface area contributed by atoms with E-state index in [1.165, 1.54) is 0 Å². The molecule has 1 atom stereocenters. The Kier molecular flexibility index (Phi) is 5.62. The average molecular weight is 268 g/mol. The van der Waals surface area contributed by atoms with Gasteiger partial charge >= 0.3 is 12.1 Å². The van der Waals surface area contributed by atoms with Gasteiger partial charge in [0.25, 0.3) is 0 Å². The molecule has 0 saturated carbocycles. The van der Waals surface area contributed by atoms with Crippen molar-refractivity contribution >= 4 is 12.1 Å². The SMILES string of the molecule is COC(=O)C(N)NC(=O)OCC1=CC(=CO)CC=C1. The Morgan fingerprint density at radius 1 is 1.63 bits per heavy atom. The van der Waals surface area contributed by atoms with Crippen molar-refractivity contribution in [2.24, 2.45) is 5.73 Å². The molecule has 19 heavy (non-hydrogen) atoms. The molecule has 0 heterocycles. The molecular formula is C12H16N2O5. The summed E-state index contributed by atoms with van der Waals surface area (Å²) in [6.07, 6.45) is 4.84. The molecule has 1 amide bonds. The van der Waals surface area contributed by atoms with Crippen LogP contribution in [0.5, 0.6) is 0 Å². The number of esters is 1. The van der Waals surface area contributed by atoms with Crippen molar-refractivity contribution in [3.8, 4) is 0 Å². The van der Waals surface area contributed by atoms with Crippen molar-refractivity contribution in [2.75, 3.05) is 13.7 Å². The minimum atomic E-state index is -1.26. The summed E-state index contributed by atoms with van der Waals surface area (Å²) in [6.45, 7) is 0.00751. The molecule has 1 rings (SSSR count). The zero-order valence-corrected chi connectivity index (χ0v) is 10.5. The topological polar surface area (TPSA) is 111 Å². The van der Waals surface area contributed by atoms with Gasteiger partial charge in [-0.15, -0.1) is 0 Å². The largest absolute Gasteiger partial charge is 0.515 e. The van der Waals surface area contributed by atoms with E-state index in [4.69, 9.17) is 15.6 Å². The van der Waals surface area contributed by atoms with Crippen LogP contribution in [0.2, 0.25) is 0 Å². The Labute approximate surface area is 110 Å². The van der Waals surface area contributed by atoms with E-state index in [0.717, 1.165) is 13.4 Å². The van der Waals surface area contributed by atoms with Gasteiger partial charge in [-0.1, -0.05) is 12.2 Å². The predicted octanol–water partition coefficient (Wildman–Crippen LogP) is 0.499. The van der Waals surface area contributed by atoms with E-state index < -0.39 is 18.2 Å². The molecule has 104 valence electrons. The molecule has 0 aromatic heterocycles. The number of rotatable bonds is 4. The summed E-state index contributed by atoms with van der Waals surface area (Å²) < 4.78 is 9.22. The number of nitrogens with two attached hydrogens (primary N) is 1. The fourth-order valence-corrected chi connectivity index (χ4v) is 1.37. The summed E-state index contributed by atoms with van der Waals surface area (Å²) >= 11 is 0. The maximum atomic E-state index is 11.3. The molecule has 1 aliphatic carbocycles. The van der Waals surface area contributed by atoms with Crippen molar-refractivity contribution in [2.45, 2.75) is 12.6 Å². The summed E-state index contributed by atoms with van der Waals surface area (Å²) in [5.41, 5.74) is 6.76. The smallest absolute Gasteiger partial charge is 0.409 e. The Balaban J connectivity index is 2.40. The lowest BCUT2D eigenvalue weighted by atomic mass is 10.0. The molecule has 7 nitrogen and oxygen atoms in total. The maximum Gasteiger partial charge on any atom is 0.409 e. The lowest BCUT2D eigenvalue weighted by Crippen LogP contribution is -2.48. The zero-order valence-electron chi connectivity index (χ0n) is 10.5. The van der Waals surface area contributed by atoms with Gasteiger partial charge in [-0.25, -0.2) is 9.59 Å². The van der Waals surface area contributed by atoms with Crippen LogP contribution in [0.25, 0.3) is 0 Å². The van der Waals surface area contributed by atoms with Gasteiger partial charge in [0.2, 0.25) is 0 Å². The van der Waals surface area contributed by atoms with Gasteiger partial charge in [0.05, 0.1) is 13.4 Å². The van der Waals surface area contributed by atoms with Crippen molar-refractivity contribution in [3.05, 3.63) is 35.6 Å². The number of amides is 1. The molecule has 0 saturated heterocycles. The van der Waals surface area contributed by atoms with E-state index in [9.17, 15) is 9.59 Å². The summed E-state index contributed by atoms with van der Waals surface area (Å²) in [7, 11) is 1.16. The van der Waals surface area contributed by atoms with Crippen LogP contribution in [-0.4, -0.2) is 37.1 Å². The van der Waals surface area contributed by atoms with Gasteiger partial charge < -0.3 is 20.3 Å². The number of methoxy groups -OCH3 is 1. The second-order valence-corrected chi connectivity index (χ2v) is 3.75. The minimum absolute atomic E-state index is 0.00751. The van der Waals surface area contributed by atoms with Crippen LogP contribution in [0, 0.1) is 0 Å². The number of alkyl carbamates (subject to hydrolysis) is 1. The van der Waals surface area contributed by atoms with Crippen LogP contribution in [0.15, 0.2) is 35.6 Å². The number of hydrogen-bond acceptors (Lipinski definition) is 6. The fourth-order valence-electron chi connectivity index (χ4n) is 1.37. The molecule has 7 heteroatoms. The van der Waals surface area contributed by atoms with Crippen molar-refractivity contribution in [1.29, 1.82) is 0 Å². The number of aliphatic hydroxyl groups is 1. The first-order valence-electron chi connectivity index (χ1n) is 5.54. The number of nitrogens with one attached hydrogen (secondary N) is 1. The van der Waals surface area contributed by atoms with Crippen LogP contribution in [0.3, 0.4) is 0 Å². The second kappa shape index (κ2) is 7.22. The van der Waals surface area contributed by atoms with Gasteiger partial charge in [-0.3, -0.25) is 5.32 Å². The van der Waals surface area contributed by atoms with E-state index in [0.29, 0.717) is 17.6 Å². The zero-order chi connectivity index (χ0) is 14.3. The number of carbonyl (C=O) groups is 2. The molecule has 0 bridgehead atoms. The highest BCUT2D eigenvalue weighted by molar-refractivity contribution is 5.80. The molecule has 1 aliphatic rings. The van der Waals surface area contributed by atoms with Crippen molar-refractivity contribution in [3.63, 3.8) is 0 Å². The van der Waals surface area contributed by atoms with Crippen LogP contribution >= 0.6 is 0 Å². The Morgan fingerprint density at radius 2 is 2.37 bits per heavy atom. The van der Waals surface area contributed by atoms with Gasteiger partial charge in [0.15, 0.2) is 6.17 Å². The van der Waals surface area contributed by atoms with Crippen LogP contribution in [0.1, 0.15) is 6.42 Å². The predicted molar refractivity (Wildman–Crippen MR) is 67.0 cm³/mol. The first-order valence-corrected chi connectivity index (χ1v) is 5.54. The summed E-state index contributed by atoms with van der Waals surface area (Å²) in [6, 6.07) is 0. The highest BCUT2D eigenvalue weighted by atomic mass is 16.6. The summed E-state index contributed by atoms with van der Waals surface area (Å²) in [5, 5.41) is 11.0. The van der Waals surface area contributed by atoms with E-state index in [1.54, 1.807) is 12.2 Å². The van der Waals surface area contributed by atoms with Crippen molar-refractivity contribution in [1.82, 2.24) is 5.32 Å². The second-order valence-electron chi connectivity index (χ2n) is 3.75. The standard InChI is InChI=1S/C12H16N2O5/c1-18-11(16)10(13)14-12(17)19-7-9-4-2-3-8(5-9)6-15/h2,4-6,10,15H,3,7,13H2,1H3,(H,14,17). The fraction of sp³-hybridized carbons (Fsp3) is 0.333. The first-order chi connectivity index (χ1) is 9.06. The number of ether oxygens (including phenoxy) is 2. The first kappa shape index (κ1) is 14.8. The molecule has 1 unspecified atom stereocenters. The van der Waals surface area contributed by atoms with Crippen LogP contribution in [-0.2, 0) is 14.3 Å². The van der Waals surface area contributed by atoms with Gasteiger partial charge in [0.1, 0.15) is 6.61 Å². The average Bonchev–Trinajstić information content (AvgIpc) is 2.44. The summed E-state index contributed by atoms with van der Waals surface area (Å²) in [5.74, 6) is -0.765. The van der Waals surface area contributed by atoms with Crippen LogP contribution < -0.4 is 11.1 Å². The number of allylic oxidation sites excluding steroid dienone is 3. The van der Waals surface area contributed by atoms with E-state index in [-0.39, 0.29) is 6.61 Å². The van der Waals surface area contributed by atoms with Crippen LogP contribution in [0.4, 0.5) is 4.79 Å². The molecule has 0 aromatic rings. The van der Waals surface area contributed by atoms with E-state index in [2.05, 4.69) is 10.1 Å². The Morgan fingerprint density at radius 3 is 3.00 bits per heavy atom. The molecule has 0 fully saturated rings.